The van der Waals surface area contributed by atoms with Crippen molar-refractivity contribution in [3.63, 3.8) is 0 Å². The third kappa shape index (κ3) is 1.37. The van der Waals surface area contributed by atoms with Crippen LogP contribution in [0.4, 0.5) is 5.82 Å². The maximum atomic E-state index is 5.58. The van der Waals surface area contributed by atoms with Gasteiger partial charge in [-0.05, 0) is 34.2 Å². The van der Waals surface area contributed by atoms with E-state index in [1.807, 2.05) is 0 Å². The highest BCUT2D eigenvalue weighted by molar-refractivity contribution is 14.1. The second-order valence-corrected chi connectivity index (χ2v) is 3.74. The standard InChI is InChI=1S/C6H3ClIN3/c7-6-9-2-3-1-4(8)10-5(3)11-6/h2H,1H2. The van der Waals surface area contributed by atoms with E-state index in [2.05, 4.69) is 37.6 Å². The van der Waals surface area contributed by atoms with Crippen molar-refractivity contribution in [2.75, 3.05) is 0 Å². The molecule has 1 aliphatic rings. The Hall–Kier alpha value is -0.230. The summed E-state index contributed by atoms with van der Waals surface area (Å²) in [6.45, 7) is 0. The molecule has 1 aliphatic heterocycles. The van der Waals surface area contributed by atoms with Gasteiger partial charge in [0, 0.05) is 18.2 Å². The lowest BCUT2D eigenvalue weighted by Gasteiger charge is -1.92. The summed E-state index contributed by atoms with van der Waals surface area (Å²) in [5, 5.41) is 0.263. The second kappa shape index (κ2) is 2.67. The zero-order valence-electron chi connectivity index (χ0n) is 5.38. The summed E-state index contributed by atoms with van der Waals surface area (Å²) in [7, 11) is 0. The van der Waals surface area contributed by atoms with Crippen LogP contribution in [0.5, 0.6) is 0 Å². The van der Waals surface area contributed by atoms with Crippen LogP contribution in [-0.2, 0) is 6.42 Å². The molecule has 0 unspecified atom stereocenters. The molecule has 3 nitrogen and oxygen atoms in total. The van der Waals surface area contributed by atoms with Gasteiger partial charge in [0.15, 0.2) is 5.82 Å². The SMILES string of the molecule is Clc1ncc2c(n1)N=C(I)C2. The first-order chi connectivity index (χ1) is 5.25. The minimum atomic E-state index is 0.263. The zero-order valence-corrected chi connectivity index (χ0v) is 8.30. The van der Waals surface area contributed by atoms with E-state index in [1.54, 1.807) is 6.20 Å². The van der Waals surface area contributed by atoms with Crippen LogP contribution < -0.4 is 0 Å². The van der Waals surface area contributed by atoms with Gasteiger partial charge in [-0.25, -0.2) is 9.98 Å². The Morgan fingerprint density at radius 1 is 1.55 bits per heavy atom. The predicted octanol–water partition coefficient (Wildman–Crippen LogP) is 2.15. The van der Waals surface area contributed by atoms with Crippen molar-refractivity contribution >= 4 is 43.7 Å². The summed E-state index contributed by atoms with van der Waals surface area (Å²) in [5.74, 6) is 0.717. The summed E-state index contributed by atoms with van der Waals surface area (Å²) in [5.41, 5.74) is 1.05. The third-order valence-corrected chi connectivity index (χ3v) is 2.18. The summed E-state index contributed by atoms with van der Waals surface area (Å²) < 4.78 is 1.04. The Balaban J connectivity index is 2.54. The van der Waals surface area contributed by atoms with Crippen molar-refractivity contribution in [2.45, 2.75) is 6.42 Å². The minimum Gasteiger partial charge on any atom is -0.226 e. The molecule has 0 aliphatic carbocycles. The molecule has 1 aromatic heterocycles. The Kier molecular flexibility index (Phi) is 1.80. The molecule has 0 saturated heterocycles. The van der Waals surface area contributed by atoms with E-state index in [9.17, 15) is 0 Å². The van der Waals surface area contributed by atoms with Crippen LogP contribution in [0.3, 0.4) is 0 Å². The maximum Gasteiger partial charge on any atom is 0.224 e. The lowest BCUT2D eigenvalue weighted by Crippen LogP contribution is -1.87. The van der Waals surface area contributed by atoms with Crippen molar-refractivity contribution in [2.24, 2.45) is 4.99 Å². The van der Waals surface area contributed by atoms with Crippen LogP contribution in [0.15, 0.2) is 11.2 Å². The van der Waals surface area contributed by atoms with E-state index < -0.39 is 0 Å². The van der Waals surface area contributed by atoms with Gasteiger partial charge < -0.3 is 0 Å². The molecule has 1 aromatic rings. The largest absolute Gasteiger partial charge is 0.226 e. The molecule has 56 valence electrons. The topological polar surface area (TPSA) is 38.1 Å². The molecule has 2 heterocycles. The molecule has 0 amide bonds. The fourth-order valence-electron chi connectivity index (χ4n) is 0.910. The Bertz CT molecular complexity index is 337. The molecular formula is C6H3ClIN3. The number of hydrogen-bond donors (Lipinski definition) is 0. The van der Waals surface area contributed by atoms with Crippen molar-refractivity contribution in [3.05, 3.63) is 17.0 Å². The van der Waals surface area contributed by atoms with Crippen LogP contribution in [0, 0.1) is 0 Å². The molecule has 5 heteroatoms. The van der Waals surface area contributed by atoms with Crippen molar-refractivity contribution in [1.29, 1.82) is 0 Å². The van der Waals surface area contributed by atoms with E-state index >= 15 is 0 Å². The van der Waals surface area contributed by atoms with Gasteiger partial charge in [0.05, 0.1) is 3.72 Å². The van der Waals surface area contributed by atoms with Gasteiger partial charge in [-0.15, -0.1) is 0 Å². The molecule has 11 heavy (non-hydrogen) atoms. The molecule has 0 N–H and O–H groups in total. The number of nitrogens with zero attached hydrogens (tertiary/aromatic N) is 3. The minimum absolute atomic E-state index is 0.263. The molecule has 0 fully saturated rings. The average molecular weight is 279 g/mol. The highest BCUT2D eigenvalue weighted by Gasteiger charge is 2.13. The van der Waals surface area contributed by atoms with E-state index in [1.165, 1.54) is 0 Å². The van der Waals surface area contributed by atoms with Crippen LogP contribution in [0.2, 0.25) is 5.28 Å². The van der Waals surface area contributed by atoms with Gasteiger partial charge in [-0.2, -0.15) is 4.98 Å². The second-order valence-electron chi connectivity index (χ2n) is 2.15. The van der Waals surface area contributed by atoms with Gasteiger partial charge in [0.1, 0.15) is 0 Å². The van der Waals surface area contributed by atoms with Crippen molar-refractivity contribution in [1.82, 2.24) is 9.97 Å². The number of hydrogen-bond acceptors (Lipinski definition) is 3. The monoisotopic (exact) mass is 279 g/mol. The van der Waals surface area contributed by atoms with Crippen molar-refractivity contribution in [3.8, 4) is 0 Å². The van der Waals surface area contributed by atoms with Gasteiger partial charge in [0.25, 0.3) is 0 Å². The normalized spacial score (nSPS) is 14.5. The number of aliphatic imine (C=N–C) groups is 1. The van der Waals surface area contributed by atoms with Gasteiger partial charge >= 0.3 is 0 Å². The number of aromatic nitrogens is 2. The lowest BCUT2D eigenvalue weighted by atomic mass is 10.3. The summed E-state index contributed by atoms with van der Waals surface area (Å²) in [6, 6.07) is 0. The first-order valence-electron chi connectivity index (χ1n) is 3.00. The molecule has 0 spiro atoms. The number of rotatable bonds is 0. The van der Waals surface area contributed by atoms with E-state index in [4.69, 9.17) is 11.6 Å². The van der Waals surface area contributed by atoms with Gasteiger partial charge in [0.2, 0.25) is 5.28 Å². The Morgan fingerprint density at radius 3 is 3.18 bits per heavy atom. The molecule has 0 atom stereocenters. The molecule has 0 radical (unpaired) electrons. The maximum absolute atomic E-state index is 5.58. The third-order valence-electron chi connectivity index (χ3n) is 1.38. The smallest absolute Gasteiger partial charge is 0.224 e. The average Bonchev–Trinajstić information content (AvgIpc) is 2.27. The first-order valence-corrected chi connectivity index (χ1v) is 4.46. The molecule has 0 bridgehead atoms. The Labute approximate surface area is 82.1 Å². The fourth-order valence-corrected chi connectivity index (χ4v) is 1.68. The highest BCUT2D eigenvalue weighted by atomic mass is 127. The lowest BCUT2D eigenvalue weighted by molar-refractivity contribution is 1.12. The predicted molar refractivity (Wildman–Crippen MR) is 51.9 cm³/mol. The van der Waals surface area contributed by atoms with E-state index in [0.29, 0.717) is 0 Å². The number of fused-ring (bicyclic) bond motifs is 1. The van der Waals surface area contributed by atoms with Gasteiger partial charge in [-0.1, -0.05) is 0 Å². The molecular weight excluding hydrogens is 276 g/mol. The van der Waals surface area contributed by atoms with E-state index in [-0.39, 0.29) is 5.28 Å². The molecule has 0 saturated carbocycles. The molecule has 2 rings (SSSR count). The van der Waals surface area contributed by atoms with Crippen LogP contribution in [0.25, 0.3) is 0 Å². The van der Waals surface area contributed by atoms with Crippen LogP contribution >= 0.6 is 34.2 Å². The first kappa shape index (κ1) is 7.42. The van der Waals surface area contributed by atoms with Crippen LogP contribution in [-0.4, -0.2) is 13.7 Å². The van der Waals surface area contributed by atoms with Gasteiger partial charge in [-0.3, -0.25) is 0 Å². The zero-order chi connectivity index (χ0) is 7.84. The molecule has 0 aromatic carbocycles. The van der Waals surface area contributed by atoms with Crippen molar-refractivity contribution < 1.29 is 0 Å². The number of halogens is 2. The highest BCUT2D eigenvalue weighted by Crippen LogP contribution is 2.26. The Morgan fingerprint density at radius 2 is 2.36 bits per heavy atom. The quantitative estimate of drug-likeness (QED) is 0.539. The van der Waals surface area contributed by atoms with Crippen LogP contribution in [0.1, 0.15) is 5.56 Å². The summed E-state index contributed by atoms with van der Waals surface area (Å²) in [4.78, 5) is 12.0. The fraction of sp³-hybridized carbons (Fsp3) is 0.167. The summed E-state index contributed by atoms with van der Waals surface area (Å²) in [6.07, 6.45) is 2.56. The summed E-state index contributed by atoms with van der Waals surface area (Å²) >= 11 is 7.76. The van der Waals surface area contributed by atoms with E-state index in [0.717, 1.165) is 21.5 Å².